The summed E-state index contributed by atoms with van der Waals surface area (Å²) in [4.78, 5) is 10.7. The second-order valence-corrected chi connectivity index (χ2v) is 3.33. The number of carboxylic acid groups (broad SMARTS) is 1. The summed E-state index contributed by atoms with van der Waals surface area (Å²) in [7, 11) is 0. The predicted molar refractivity (Wildman–Crippen MR) is 61.0 cm³/mol. The van der Waals surface area contributed by atoms with E-state index >= 15 is 0 Å². The Bertz CT molecular complexity index is 370. The van der Waals surface area contributed by atoms with Gasteiger partial charge in [0, 0.05) is 5.75 Å². The SMILES string of the molecule is Cc1ccc(C(=O)O)cc1C=CCS. The molecule has 0 aliphatic carbocycles. The molecule has 0 heterocycles. The predicted octanol–water partition coefficient (Wildman–Crippen LogP) is 2.64. The molecule has 0 radical (unpaired) electrons. The minimum absolute atomic E-state index is 0.314. The first-order chi connectivity index (χ1) is 6.65. The van der Waals surface area contributed by atoms with Gasteiger partial charge in [0.1, 0.15) is 0 Å². The zero-order valence-corrected chi connectivity index (χ0v) is 8.79. The lowest BCUT2D eigenvalue weighted by Crippen LogP contribution is -1.97. The summed E-state index contributed by atoms with van der Waals surface area (Å²) >= 11 is 4.05. The number of hydrogen-bond acceptors (Lipinski definition) is 2. The number of hydrogen-bond donors (Lipinski definition) is 2. The molecule has 2 nitrogen and oxygen atoms in total. The fourth-order valence-corrected chi connectivity index (χ4v) is 1.24. The van der Waals surface area contributed by atoms with E-state index in [-0.39, 0.29) is 0 Å². The smallest absolute Gasteiger partial charge is 0.335 e. The van der Waals surface area contributed by atoms with Crippen LogP contribution in [-0.2, 0) is 0 Å². The second kappa shape index (κ2) is 4.86. The molecule has 0 unspecified atom stereocenters. The van der Waals surface area contributed by atoms with Gasteiger partial charge in [0.05, 0.1) is 5.56 Å². The fraction of sp³-hybridized carbons (Fsp3) is 0.182. The van der Waals surface area contributed by atoms with Gasteiger partial charge in [-0.15, -0.1) is 0 Å². The van der Waals surface area contributed by atoms with E-state index in [2.05, 4.69) is 12.6 Å². The van der Waals surface area contributed by atoms with Crippen molar-refractivity contribution < 1.29 is 9.90 Å². The molecule has 0 aliphatic rings. The largest absolute Gasteiger partial charge is 0.478 e. The van der Waals surface area contributed by atoms with Crippen LogP contribution < -0.4 is 0 Å². The summed E-state index contributed by atoms with van der Waals surface area (Å²) in [5.41, 5.74) is 2.31. The summed E-state index contributed by atoms with van der Waals surface area (Å²) in [6, 6.07) is 5.08. The summed E-state index contributed by atoms with van der Waals surface area (Å²) in [5.74, 6) is -0.248. The minimum atomic E-state index is -0.898. The van der Waals surface area contributed by atoms with Crippen molar-refractivity contribution in [3.8, 4) is 0 Å². The first-order valence-corrected chi connectivity index (χ1v) is 4.89. The fourth-order valence-electron chi connectivity index (χ4n) is 1.13. The van der Waals surface area contributed by atoms with E-state index in [1.165, 1.54) is 0 Å². The van der Waals surface area contributed by atoms with Gasteiger partial charge in [-0.25, -0.2) is 4.79 Å². The number of aromatic carboxylic acids is 1. The van der Waals surface area contributed by atoms with Crippen LogP contribution in [-0.4, -0.2) is 16.8 Å². The second-order valence-electron chi connectivity index (χ2n) is 2.96. The van der Waals surface area contributed by atoms with E-state index in [0.717, 1.165) is 11.1 Å². The van der Waals surface area contributed by atoms with Gasteiger partial charge in [0.15, 0.2) is 0 Å². The van der Waals surface area contributed by atoms with Crippen LogP contribution in [0.1, 0.15) is 21.5 Å². The van der Waals surface area contributed by atoms with Crippen molar-refractivity contribution in [2.45, 2.75) is 6.92 Å². The lowest BCUT2D eigenvalue weighted by Gasteiger charge is -2.01. The highest BCUT2D eigenvalue weighted by Crippen LogP contribution is 2.13. The lowest BCUT2D eigenvalue weighted by atomic mass is 10.0. The third-order valence-corrected chi connectivity index (χ3v) is 2.14. The van der Waals surface area contributed by atoms with Gasteiger partial charge < -0.3 is 5.11 Å². The summed E-state index contributed by atoms with van der Waals surface area (Å²) in [6.07, 6.45) is 3.77. The first-order valence-electron chi connectivity index (χ1n) is 4.26. The normalized spacial score (nSPS) is 10.7. The Kier molecular flexibility index (Phi) is 3.77. The molecule has 1 N–H and O–H groups in total. The van der Waals surface area contributed by atoms with E-state index < -0.39 is 5.97 Å². The van der Waals surface area contributed by atoms with E-state index in [4.69, 9.17) is 5.11 Å². The van der Waals surface area contributed by atoms with Crippen LogP contribution in [0.4, 0.5) is 0 Å². The molecule has 0 spiro atoms. The molecule has 1 rings (SSSR count). The van der Waals surface area contributed by atoms with Gasteiger partial charge in [0.25, 0.3) is 0 Å². The Morgan fingerprint density at radius 1 is 1.57 bits per heavy atom. The van der Waals surface area contributed by atoms with Crippen LogP contribution in [0.15, 0.2) is 24.3 Å². The molecule has 0 aromatic heterocycles. The summed E-state index contributed by atoms with van der Waals surface area (Å²) in [6.45, 7) is 1.95. The number of rotatable bonds is 3. The third kappa shape index (κ3) is 2.64. The van der Waals surface area contributed by atoms with Gasteiger partial charge in [-0.1, -0.05) is 18.2 Å². The average Bonchev–Trinajstić information content (AvgIpc) is 2.16. The zero-order valence-electron chi connectivity index (χ0n) is 7.90. The molecule has 0 saturated heterocycles. The molecule has 1 aromatic rings. The highest BCUT2D eigenvalue weighted by Gasteiger charge is 2.03. The molecule has 0 amide bonds. The van der Waals surface area contributed by atoms with E-state index in [1.54, 1.807) is 12.1 Å². The Labute approximate surface area is 88.7 Å². The maximum absolute atomic E-state index is 10.7. The van der Waals surface area contributed by atoms with Gasteiger partial charge >= 0.3 is 5.97 Å². The Morgan fingerprint density at radius 3 is 2.86 bits per heavy atom. The molecule has 3 heteroatoms. The quantitative estimate of drug-likeness (QED) is 0.749. The maximum Gasteiger partial charge on any atom is 0.335 e. The molecule has 0 fully saturated rings. The Morgan fingerprint density at radius 2 is 2.29 bits per heavy atom. The number of carboxylic acids is 1. The molecule has 0 bridgehead atoms. The van der Waals surface area contributed by atoms with Crippen molar-refractivity contribution in [1.29, 1.82) is 0 Å². The molecule has 0 aliphatic heterocycles. The Hall–Kier alpha value is -1.22. The zero-order chi connectivity index (χ0) is 10.6. The maximum atomic E-state index is 10.7. The van der Waals surface area contributed by atoms with Gasteiger partial charge in [-0.2, -0.15) is 12.6 Å². The van der Waals surface area contributed by atoms with Gasteiger partial charge in [0.2, 0.25) is 0 Å². The molecule has 0 saturated carbocycles. The molecular formula is C11H12O2S. The van der Waals surface area contributed by atoms with E-state index in [9.17, 15) is 4.79 Å². The van der Waals surface area contributed by atoms with Crippen LogP contribution in [0, 0.1) is 6.92 Å². The topological polar surface area (TPSA) is 37.3 Å². The van der Waals surface area contributed by atoms with Crippen molar-refractivity contribution in [3.63, 3.8) is 0 Å². The number of thiol groups is 1. The Balaban J connectivity index is 3.08. The van der Waals surface area contributed by atoms with Crippen molar-refractivity contribution in [1.82, 2.24) is 0 Å². The highest BCUT2D eigenvalue weighted by atomic mass is 32.1. The average molecular weight is 208 g/mol. The standard InChI is InChI=1S/C11H12O2S/c1-8-4-5-10(11(12)13)7-9(8)3-2-6-14/h2-5,7,14H,6H2,1H3,(H,12,13). The molecule has 0 atom stereocenters. The molecule has 14 heavy (non-hydrogen) atoms. The van der Waals surface area contributed by atoms with Crippen molar-refractivity contribution in [2.24, 2.45) is 0 Å². The number of benzene rings is 1. The van der Waals surface area contributed by atoms with Crippen LogP contribution in [0.2, 0.25) is 0 Å². The van der Waals surface area contributed by atoms with Crippen LogP contribution in [0.25, 0.3) is 6.08 Å². The van der Waals surface area contributed by atoms with Gasteiger partial charge in [-0.3, -0.25) is 0 Å². The van der Waals surface area contributed by atoms with E-state index in [1.807, 2.05) is 25.1 Å². The molecule has 1 aromatic carbocycles. The molecular weight excluding hydrogens is 196 g/mol. The number of carbonyl (C=O) groups is 1. The van der Waals surface area contributed by atoms with Crippen LogP contribution in [0.5, 0.6) is 0 Å². The van der Waals surface area contributed by atoms with Crippen molar-refractivity contribution in [2.75, 3.05) is 5.75 Å². The lowest BCUT2D eigenvalue weighted by molar-refractivity contribution is 0.0697. The highest BCUT2D eigenvalue weighted by molar-refractivity contribution is 7.80. The van der Waals surface area contributed by atoms with Crippen molar-refractivity contribution in [3.05, 3.63) is 41.0 Å². The van der Waals surface area contributed by atoms with Crippen LogP contribution in [0.3, 0.4) is 0 Å². The third-order valence-electron chi connectivity index (χ3n) is 1.93. The van der Waals surface area contributed by atoms with Crippen LogP contribution >= 0.6 is 12.6 Å². The van der Waals surface area contributed by atoms with E-state index in [0.29, 0.717) is 11.3 Å². The molecule has 74 valence electrons. The number of aryl methyl sites for hydroxylation is 1. The van der Waals surface area contributed by atoms with Crippen molar-refractivity contribution >= 4 is 24.7 Å². The van der Waals surface area contributed by atoms with Gasteiger partial charge in [-0.05, 0) is 30.2 Å². The summed E-state index contributed by atoms with van der Waals surface area (Å²) in [5, 5.41) is 8.79. The summed E-state index contributed by atoms with van der Waals surface area (Å²) < 4.78 is 0. The minimum Gasteiger partial charge on any atom is -0.478 e. The monoisotopic (exact) mass is 208 g/mol. The first kappa shape index (κ1) is 10.9.